The fraction of sp³-hybridized carbons (Fsp3) is 0.444. The molecule has 4 atom stereocenters. The first kappa shape index (κ1) is 24.6. The molecule has 3 N–H and O–H groups in total. The number of methoxy groups -OCH3 is 2. The van der Waals surface area contributed by atoms with Crippen LogP contribution in [0, 0.1) is 0 Å². The van der Waals surface area contributed by atoms with Crippen molar-refractivity contribution in [2.45, 2.75) is 37.1 Å². The van der Waals surface area contributed by atoms with E-state index in [9.17, 15) is 28.3 Å². The quantitative estimate of drug-likeness (QED) is 0.208. The number of rotatable bonds is 9. The average molecular weight is 476 g/mol. The van der Waals surface area contributed by atoms with E-state index in [1.807, 2.05) is 0 Å². The number of ether oxygens (including phenoxy) is 2. The zero-order valence-corrected chi connectivity index (χ0v) is 18.7. The summed E-state index contributed by atoms with van der Waals surface area (Å²) in [5, 5.41) is 13.2. The average Bonchev–Trinajstić information content (AvgIpc) is 2.70. The van der Waals surface area contributed by atoms with Gasteiger partial charge in [0.05, 0.1) is 24.8 Å². The summed E-state index contributed by atoms with van der Waals surface area (Å²) in [6.45, 7) is 2.77. The van der Waals surface area contributed by atoms with Gasteiger partial charge in [0.2, 0.25) is 5.91 Å². The van der Waals surface area contributed by atoms with E-state index in [-0.39, 0.29) is 22.8 Å². The smallest absolute Gasteiger partial charge is 0.328 e. The minimum absolute atomic E-state index is 0.0235. The highest BCUT2D eigenvalue weighted by molar-refractivity contribution is 7.81. The van der Waals surface area contributed by atoms with Crippen LogP contribution in [0.4, 0.5) is 0 Å². The van der Waals surface area contributed by atoms with Gasteiger partial charge in [-0.15, -0.1) is 0 Å². The Balaban J connectivity index is 2.31. The first-order chi connectivity index (χ1) is 14.5. The number of aliphatic carboxylic acids is 1. The second kappa shape index (κ2) is 9.62. The third kappa shape index (κ3) is 4.65. The Morgan fingerprint density at radius 2 is 2.06 bits per heavy atom. The van der Waals surface area contributed by atoms with Gasteiger partial charge in [-0.1, -0.05) is 11.6 Å². The van der Waals surface area contributed by atoms with E-state index in [1.165, 1.54) is 26.4 Å². The lowest BCUT2D eigenvalue weighted by atomic mass is 9.92. The molecule has 1 aliphatic rings. The summed E-state index contributed by atoms with van der Waals surface area (Å²) in [6.07, 6.45) is 0.955. The SMILES string of the molecule is COc1ccc(C(=O)N/N=C/[C@@](C)([C@H](C(=O)O)N2C(=O)C[C@H]2C)S(=O)O)c(Cl)c1OC. The maximum atomic E-state index is 12.5. The number of halogens is 1. The van der Waals surface area contributed by atoms with Crippen molar-refractivity contribution in [3.8, 4) is 11.5 Å². The summed E-state index contributed by atoms with van der Waals surface area (Å²) in [4.78, 5) is 37.2. The van der Waals surface area contributed by atoms with Crippen molar-refractivity contribution < 1.29 is 37.7 Å². The van der Waals surface area contributed by atoms with Crippen molar-refractivity contribution in [3.63, 3.8) is 0 Å². The summed E-state index contributed by atoms with van der Waals surface area (Å²) < 4.78 is 30.0. The highest BCUT2D eigenvalue weighted by Gasteiger charge is 2.53. The van der Waals surface area contributed by atoms with Crippen LogP contribution in [0.5, 0.6) is 11.5 Å². The van der Waals surface area contributed by atoms with Gasteiger partial charge in [0.15, 0.2) is 28.6 Å². The lowest BCUT2D eigenvalue weighted by molar-refractivity contribution is -0.161. The number of nitrogens with one attached hydrogen (secondary N) is 1. The van der Waals surface area contributed by atoms with Crippen molar-refractivity contribution in [3.05, 3.63) is 22.7 Å². The molecule has 13 heteroatoms. The standard InChI is InChI=1S/C18H22ClN3O8S/c1-9-7-12(23)22(9)15(17(25)26)18(2,31(27)28)8-20-21-16(24)10-5-6-11(29-3)14(30-4)13(10)19/h5-6,8-9,15H,7H2,1-4H3,(H,21,24)(H,25,26)(H,27,28)/b20-8+/t9-,15+,18+/m1/s1. The van der Waals surface area contributed by atoms with Crippen molar-refractivity contribution in [1.82, 2.24) is 10.3 Å². The van der Waals surface area contributed by atoms with Gasteiger partial charge in [-0.05, 0) is 26.0 Å². The van der Waals surface area contributed by atoms with Crippen LogP contribution < -0.4 is 14.9 Å². The van der Waals surface area contributed by atoms with Crippen molar-refractivity contribution in [1.29, 1.82) is 0 Å². The summed E-state index contributed by atoms with van der Waals surface area (Å²) in [7, 11) is 2.74. The zero-order chi connectivity index (χ0) is 23.5. The highest BCUT2D eigenvalue weighted by Crippen LogP contribution is 2.37. The number of carboxylic acids is 1. The molecule has 2 amide bonds. The van der Waals surface area contributed by atoms with Crippen molar-refractivity contribution in [2.75, 3.05) is 14.2 Å². The van der Waals surface area contributed by atoms with Gasteiger partial charge in [-0.3, -0.25) is 9.59 Å². The molecule has 1 fully saturated rings. The molecule has 0 aromatic heterocycles. The first-order valence-electron chi connectivity index (χ1n) is 8.89. The molecule has 1 aromatic rings. The maximum absolute atomic E-state index is 12.5. The molecule has 1 unspecified atom stereocenters. The highest BCUT2D eigenvalue weighted by atomic mass is 35.5. The largest absolute Gasteiger partial charge is 0.493 e. The molecule has 2 rings (SSSR count). The summed E-state index contributed by atoms with van der Waals surface area (Å²) in [5.41, 5.74) is 2.11. The third-order valence-electron chi connectivity index (χ3n) is 4.88. The van der Waals surface area contributed by atoms with E-state index in [0.29, 0.717) is 5.75 Å². The number of benzene rings is 1. The van der Waals surface area contributed by atoms with E-state index in [4.69, 9.17) is 21.1 Å². The molecule has 1 aromatic carbocycles. The Morgan fingerprint density at radius 1 is 1.42 bits per heavy atom. The second-order valence-corrected chi connectivity index (χ2v) is 8.65. The van der Waals surface area contributed by atoms with Crippen LogP contribution in [0.15, 0.2) is 17.2 Å². The number of hydrogen-bond acceptors (Lipinski definition) is 7. The molecular weight excluding hydrogens is 454 g/mol. The number of hydrazone groups is 1. The summed E-state index contributed by atoms with van der Waals surface area (Å²) in [6, 6.07) is 0.719. The zero-order valence-electron chi connectivity index (χ0n) is 17.1. The Bertz CT molecular complexity index is 956. The van der Waals surface area contributed by atoms with Crippen molar-refractivity contribution >= 4 is 46.7 Å². The van der Waals surface area contributed by atoms with Gasteiger partial charge in [-0.2, -0.15) is 5.10 Å². The fourth-order valence-electron chi connectivity index (χ4n) is 3.18. The van der Waals surface area contributed by atoms with Gasteiger partial charge in [0.25, 0.3) is 5.91 Å². The summed E-state index contributed by atoms with van der Waals surface area (Å²) in [5.74, 6) is -2.31. The predicted molar refractivity (Wildman–Crippen MR) is 112 cm³/mol. The van der Waals surface area contributed by atoms with Gasteiger partial charge in [-0.25, -0.2) is 14.4 Å². The van der Waals surface area contributed by atoms with Gasteiger partial charge >= 0.3 is 5.97 Å². The predicted octanol–water partition coefficient (Wildman–Crippen LogP) is 1.13. The lowest BCUT2D eigenvalue weighted by Crippen LogP contribution is -2.67. The van der Waals surface area contributed by atoms with Gasteiger partial charge in [0.1, 0.15) is 4.75 Å². The fourth-order valence-corrected chi connectivity index (χ4v) is 4.05. The number of amides is 2. The number of carboxylic acid groups (broad SMARTS) is 1. The van der Waals surface area contributed by atoms with Gasteiger partial charge < -0.3 is 24.0 Å². The molecule has 0 spiro atoms. The number of carbonyl (C=O) groups excluding carboxylic acids is 2. The molecule has 170 valence electrons. The second-order valence-electron chi connectivity index (χ2n) is 6.89. The van der Waals surface area contributed by atoms with Crippen molar-refractivity contribution in [2.24, 2.45) is 5.10 Å². The van der Waals surface area contributed by atoms with Crippen LogP contribution in [0.3, 0.4) is 0 Å². The van der Waals surface area contributed by atoms with Crippen LogP contribution in [0.2, 0.25) is 5.02 Å². The molecule has 11 nitrogen and oxygen atoms in total. The van der Waals surface area contributed by atoms with E-state index in [2.05, 4.69) is 10.5 Å². The molecule has 1 saturated heterocycles. The number of nitrogens with zero attached hydrogens (tertiary/aromatic N) is 2. The molecule has 0 radical (unpaired) electrons. The minimum Gasteiger partial charge on any atom is -0.493 e. The van der Waals surface area contributed by atoms with Crippen LogP contribution in [0.25, 0.3) is 0 Å². The number of β-lactam (4-membered cyclic amide) rings is 1. The van der Waals surface area contributed by atoms with Crippen LogP contribution in [-0.4, -0.2) is 73.8 Å². The number of carbonyl (C=O) groups is 3. The Labute approximate surface area is 185 Å². The van der Waals surface area contributed by atoms with Crippen LogP contribution in [-0.2, 0) is 20.7 Å². The minimum atomic E-state index is -2.75. The van der Waals surface area contributed by atoms with E-state index >= 15 is 0 Å². The first-order valence-corrected chi connectivity index (χ1v) is 10.4. The molecule has 0 saturated carbocycles. The maximum Gasteiger partial charge on any atom is 0.328 e. The molecule has 0 bridgehead atoms. The van der Waals surface area contributed by atoms with Gasteiger partial charge in [0, 0.05) is 18.7 Å². The topological polar surface area (TPSA) is 155 Å². The third-order valence-corrected chi connectivity index (χ3v) is 6.34. The molecule has 0 aliphatic carbocycles. The van der Waals surface area contributed by atoms with Crippen LogP contribution in [0.1, 0.15) is 30.6 Å². The molecule has 1 aliphatic heterocycles. The summed E-state index contributed by atoms with van der Waals surface area (Å²) >= 11 is 3.42. The molecular formula is C18H22ClN3O8S. The number of likely N-dealkylation sites (tertiary alicyclic amines) is 1. The Hall–Kier alpha value is -2.70. The Kier molecular flexibility index (Phi) is 7.63. The van der Waals surface area contributed by atoms with E-state index in [1.54, 1.807) is 6.92 Å². The molecule has 31 heavy (non-hydrogen) atoms. The van der Waals surface area contributed by atoms with E-state index in [0.717, 1.165) is 18.0 Å². The van der Waals surface area contributed by atoms with Crippen LogP contribution >= 0.6 is 11.6 Å². The van der Waals surface area contributed by atoms with E-state index < -0.39 is 45.7 Å². The lowest BCUT2D eigenvalue weighted by Gasteiger charge is -2.46. The normalized spacial score (nSPS) is 19.9. The monoisotopic (exact) mass is 475 g/mol. The number of hydrogen-bond donors (Lipinski definition) is 3. The molecule has 1 heterocycles. The Morgan fingerprint density at radius 3 is 2.52 bits per heavy atom.